The second-order valence-electron chi connectivity index (χ2n) is 3.88. The van der Waals surface area contributed by atoms with Crippen LogP contribution in [0.5, 0.6) is 0 Å². The van der Waals surface area contributed by atoms with Gasteiger partial charge in [0.05, 0.1) is 12.7 Å². The van der Waals surface area contributed by atoms with Gasteiger partial charge in [0.15, 0.2) is 0 Å². The smallest absolute Gasteiger partial charge is 0.221 e. The van der Waals surface area contributed by atoms with Crippen molar-refractivity contribution in [1.29, 1.82) is 0 Å². The highest BCUT2D eigenvalue weighted by Gasteiger charge is 1.99. The van der Waals surface area contributed by atoms with Gasteiger partial charge in [-0.2, -0.15) is 4.39 Å². The largest absolute Gasteiger partial charge is 0.374 e. The highest BCUT2D eigenvalue weighted by molar-refractivity contribution is 5.84. The molecule has 112 valence electrons. The summed E-state index contributed by atoms with van der Waals surface area (Å²) in [5.74, 6) is -0.0338. The molecule has 6 heteroatoms. The molecule has 0 bridgehead atoms. The summed E-state index contributed by atoms with van der Waals surface area (Å²) in [5.41, 5.74) is 0. The van der Waals surface area contributed by atoms with Crippen LogP contribution in [-0.2, 0) is 4.74 Å². The molecule has 0 aromatic rings. The maximum absolute atomic E-state index is 13.1. The highest BCUT2D eigenvalue weighted by Crippen LogP contribution is 2.05. The van der Waals surface area contributed by atoms with E-state index in [0.29, 0.717) is 25.4 Å². The molecule has 0 aromatic heterocycles. The SMILES string of the molecule is C=N/C(=N/C)N/C=C/COC(C)C/C=C(F)\N=C/CC. The van der Waals surface area contributed by atoms with Gasteiger partial charge in [0.25, 0.3) is 0 Å². The van der Waals surface area contributed by atoms with E-state index in [1.165, 1.54) is 12.3 Å². The predicted molar refractivity (Wildman–Crippen MR) is 83.2 cm³/mol. The summed E-state index contributed by atoms with van der Waals surface area (Å²) in [6.45, 7) is 7.55. The van der Waals surface area contributed by atoms with Gasteiger partial charge in [-0.05, 0) is 38.6 Å². The average Bonchev–Trinajstić information content (AvgIpc) is 2.46. The Morgan fingerprint density at radius 2 is 2.25 bits per heavy atom. The zero-order chi connectivity index (χ0) is 15.2. The van der Waals surface area contributed by atoms with Crippen LogP contribution >= 0.6 is 0 Å². The van der Waals surface area contributed by atoms with E-state index in [0.717, 1.165) is 0 Å². The Kier molecular flexibility index (Phi) is 11.1. The Morgan fingerprint density at radius 3 is 2.85 bits per heavy atom. The zero-order valence-electron chi connectivity index (χ0n) is 12.3. The Labute approximate surface area is 120 Å². The van der Waals surface area contributed by atoms with Crippen molar-refractivity contribution in [2.45, 2.75) is 32.8 Å². The minimum absolute atomic E-state index is 0.0842. The molecule has 0 heterocycles. The molecule has 0 amide bonds. The maximum atomic E-state index is 13.1. The van der Waals surface area contributed by atoms with Crippen molar-refractivity contribution in [2.24, 2.45) is 15.0 Å². The lowest BCUT2D eigenvalue weighted by molar-refractivity contribution is 0.0902. The van der Waals surface area contributed by atoms with Crippen LogP contribution in [-0.4, -0.2) is 38.7 Å². The molecule has 0 aliphatic carbocycles. The van der Waals surface area contributed by atoms with E-state index >= 15 is 0 Å². The second-order valence-corrected chi connectivity index (χ2v) is 3.88. The second kappa shape index (κ2) is 12.2. The molecule has 20 heavy (non-hydrogen) atoms. The number of nitrogens with one attached hydrogen (secondary N) is 1. The normalized spacial score (nSPS) is 15.0. The Balaban J connectivity index is 3.88. The summed E-state index contributed by atoms with van der Waals surface area (Å²) < 4.78 is 18.6. The van der Waals surface area contributed by atoms with Crippen molar-refractivity contribution in [3.63, 3.8) is 0 Å². The average molecular weight is 282 g/mol. The van der Waals surface area contributed by atoms with Gasteiger partial charge in [-0.25, -0.2) is 9.98 Å². The first-order valence-corrected chi connectivity index (χ1v) is 6.48. The molecule has 0 aliphatic heterocycles. The number of hydrogen-bond acceptors (Lipinski definition) is 3. The van der Waals surface area contributed by atoms with Crippen LogP contribution in [0, 0.1) is 0 Å². The van der Waals surface area contributed by atoms with Crippen LogP contribution in [0.4, 0.5) is 4.39 Å². The third-order valence-electron chi connectivity index (χ3n) is 2.18. The first-order valence-electron chi connectivity index (χ1n) is 6.48. The molecule has 5 nitrogen and oxygen atoms in total. The van der Waals surface area contributed by atoms with Crippen LogP contribution in [0.3, 0.4) is 0 Å². The topological polar surface area (TPSA) is 58.3 Å². The predicted octanol–water partition coefficient (Wildman–Crippen LogP) is 2.86. The van der Waals surface area contributed by atoms with E-state index in [9.17, 15) is 4.39 Å². The summed E-state index contributed by atoms with van der Waals surface area (Å²) in [7, 11) is 1.62. The molecular weight excluding hydrogens is 259 g/mol. The van der Waals surface area contributed by atoms with Crippen LogP contribution in [0.1, 0.15) is 26.7 Å². The molecule has 0 spiro atoms. The van der Waals surface area contributed by atoms with Crippen LogP contribution < -0.4 is 5.32 Å². The molecule has 0 aromatic carbocycles. The van der Waals surface area contributed by atoms with Crippen molar-refractivity contribution >= 4 is 18.9 Å². The standard InChI is InChI=1S/C14H23FN4O/c1-5-9-18-13(15)8-7-12(2)20-11-6-10-19-14(16-3)17-4/h6,8-10,12H,3,5,7,11H2,1-2,4H3,(H,17,19)/b10-6+,13-8-,18-9-. The molecule has 0 saturated heterocycles. The lowest BCUT2D eigenvalue weighted by atomic mass is 10.3. The van der Waals surface area contributed by atoms with Gasteiger partial charge in [0.1, 0.15) is 0 Å². The molecule has 1 N–H and O–H groups in total. The lowest BCUT2D eigenvalue weighted by Crippen LogP contribution is -2.14. The van der Waals surface area contributed by atoms with Crippen LogP contribution in [0.2, 0.25) is 0 Å². The highest BCUT2D eigenvalue weighted by atomic mass is 19.1. The van der Waals surface area contributed by atoms with Crippen LogP contribution in [0.15, 0.2) is 39.3 Å². The third-order valence-corrected chi connectivity index (χ3v) is 2.18. The summed E-state index contributed by atoms with van der Waals surface area (Å²) in [4.78, 5) is 11.1. The number of rotatable bonds is 8. The van der Waals surface area contributed by atoms with E-state index in [2.05, 4.69) is 27.0 Å². The molecule has 0 radical (unpaired) electrons. The molecule has 0 saturated carbocycles. The number of aliphatic imine (C=N–C) groups is 3. The van der Waals surface area contributed by atoms with E-state index in [-0.39, 0.29) is 6.10 Å². The maximum Gasteiger partial charge on any atom is 0.221 e. The van der Waals surface area contributed by atoms with E-state index in [4.69, 9.17) is 4.74 Å². The molecule has 1 unspecified atom stereocenters. The Hall–Kier alpha value is -1.82. The summed E-state index contributed by atoms with van der Waals surface area (Å²) >= 11 is 0. The van der Waals surface area contributed by atoms with E-state index in [1.54, 1.807) is 19.3 Å². The summed E-state index contributed by atoms with van der Waals surface area (Å²) in [6, 6.07) is 0. The molecular formula is C14H23FN4O. The minimum atomic E-state index is -0.472. The van der Waals surface area contributed by atoms with E-state index < -0.39 is 5.95 Å². The van der Waals surface area contributed by atoms with Gasteiger partial charge in [-0.1, -0.05) is 6.92 Å². The van der Waals surface area contributed by atoms with Crippen LogP contribution in [0.25, 0.3) is 0 Å². The van der Waals surface area contributed by atoms with Gasteiger partial charge in [-0.15, -0.1) is 0 Å². The number of halogens is 1. The third kappa shape index (κ3) is 10.1. The van der Waals surface area contributed by atoms with Crippen molar-refractivity contribution in [2.75, 3.05) is 13.7 Å². The van der Waals surface area contributed by atoms with Crippen molar-refractivity contribution < 1.29 is 9.13 Å². The van der Waals surface area contributed by atoms with Gasteiger partial charge < -0.3 is 10.1 Å². The van der Waals surface area contributed by atoms with Gasteiger partial charge in [0, 0.05) is 19.5 Å². The quantitative estimate of drug-likeness (QED) is 0.423. The number of guanidine groups is 1. The Bertz CT molecular complexity index is 389. The van der Waals surface area contributed by atoms with Crippen molar-refractivity contribution in [3.8, 4) is 0 Å². The monoisotopic (exact) mass is 282 g/mol. The van der Waals surface area contributed by atoms with E-state index in [1.807, 2.05) is 13.8 Å². The van der Waals surface area contributed by atoms with Crippen molar-refractivity contribution in [1.82, 2.24) is 5.32 Å². The number of hydrogen-bond donors (Lipinski definition) is 1. The fraction of sp³-hybridized carbons (Fsp3) is 0.500. The first-order chi connectivity index (χ1) is 9.63. The first kappa shape index (κ1) is 18.2. The molecule has 1 atom stereocenters. The fourth-order valence-corrected chi connectivity index (χ4v) is 1.14. The lowest BCUT2D eigenvalue weighted by Gasteiger charge is -2.08. The molecule has 0 aliphatic rings. The number of nitrogens with zero attached hydrogens (tertiary/aromatic N) is 3. The molecule has 0 fully saturated rings. The fourth-order valence-electron chi connectivity index (χ4n) is 1.14. The Morgan fingerprint density at radius 1 is 1.50 bits per heavy atom. The van der Waals surface area contributed by atoms with Gasteiger partial charge in [0.2, 0.25) is 11.9 Å². The molecule has 0 rings (SSSR count). The van der Waals surface area contributed by atoms with Crippen molar-refractivity contribution in [3.05, 3.63) is 24.3 Å². The number of ether oxygens (including phenoxy) is 1. The summed E-state index contributed by atoms with van der Waals surface area (Å²) in [6.07, 6.45) is 7.51. The van der Waals surface area contributed by atoms with Gasteiger partial charge in [-0.3, -0.25) is 4.99 Å². The van der Waals surface area contributed by atoms with Gasteiger partial charge >= 0.3 is 0 Å². The summed E-state index contributed by atoms with van der Waals surface area (Å²) in [5, 5.41) is 2.84. The zero-order valence-corrected chi connectivity index (χ0v) is 12.3. The minimum Gasteiger partial charge on any atom is -0.374 e.